The van der Waals surface area contributed by atoms with Crippen LogP contribution in [0.25, 0.3) is 21.8 Å². The molecule has 5 rings (SSSR count). The first-order valence-electron chi connectivity index (χ1n) is 29.7. The van der Waals surface area contributed by atoms with E-state index in [9.17, 15) is 72.5 Å². The van der Waals surface area contributed by atoms with E-state index in [4.69, 9.17) is 17.2 Å². The van der Waals surface area contributed by atoms with Crippen LogP contribution in [0.2, 0.25) is 0 Å². The number of amides is 11. The van der Waals surface area contributed by atoms with Gasteiger partial charge in [-0.3, -0.25) is 57.5 Å². The van der Waals surface area contributed by atoms with Gasteiger partial charge in [-0.05, 0) is 88.2 Å². The van der Waals surface area contributed by atoms with Crippen molar-refractivity contribution in [2.75, 3.05) is 18.8 Å². The van der Waals surface area contributed by atoms with E-state index in [0.29, 0.717) is 23.1 Å². The van der Waals surface area contributed by atoms with Gasteiger partial charge in [-0.25, -0.2) is 4.79 Å². The fourth-order valence-corrected chi connectivity index (χ4v) is 9.83. The fourth-order valence-electron chi connectivity index (χ4n) is 9.58. The number of para-hydroxylation sites is 2. The minimum absolute atomic E-state index is 0.0673. The van der Waals surface area contributed by atoms with Gasteiger partial charge in [0.1, 0.15) is 54.4 Å². The molecule has 2 aromatic heterocycles. The van der Waals surface area contributed by atoms with Gasteiger partial charge in [0.25, 0.3) is 0 Å². The standard InChI is InChI=1S/C61H81N15O15S/c1-32(63)52(81)76-48(31-92)60(89)74-46(27-37-29-66-41-18-10-8-16-39(37)41)59(88)73-45(26-36-28-65-40-17-9-7-15-38(36)40)58(87)69-33(2)53(82)67-30-50(78)68-34(3)54(83)70-42(19-11-12-24-62)55(84)71-43(20-22-49(64)77)56(85)72-44(21-23-51(79)80)57(86)75-47(61(90)91)25-35-13-5-4-6-14-35/h4-10,13-18,28-29,32-34,42-48,65-66,92H,11-12,19-27,30-31,62-63H2,1-3H3,(H2,64,77)(H,67,82)(H,68,78)(H,69,87)(H,70,83)(H,71,84)(H,72,85)(H,73,88)(H,74,89)(H,75,86)(H,76,81)(H,79,80)(H,90,91)/t32-,33-,34-,42-,43-,44-,45-,46-,47-,48-/m0/s1. The van der Waals surface area contributed by atoms with E-state index in [1.54, 1.807) is 67.0 Å². The van der Waals surface area contributed by atoms with Gasteiger partial charge in [-0.1, -0.05) is 66.7 Å². The van der Waals surface area contributed by atoms with Crippen molar-refractivity contribution in [2.45, 2.75) is 145 Å². The van der Waals surface area contributed by atoms with Gasteiger partial charge < -0.3 is 90.5 Å². The number of unbranched alkanes of at least 4 members (excludes halogenated alkanes) is 1. The van der Waals surface area contributed by atoms with E-state index in [1.165, 1.54) is 20.8 Å². The quantitative estimate of drug-likeness (QED) is 0.0148. The van der Waals surface area contributed by atoms with Gasteiger partial charge in [0, 0.05) is 72.1 Å². The van der Waals surface area contributed by atoms with E-state index >= 15 is 0 Å². The Kier molecular flexibility index (Phi) is 28.6. The lowest BCUT2D eigenvalue weighted by Crippen LogP contribution is -2.60. The van der Waals surface area contributed by atoms with E-state index in [-0.39, 0.29) is 44.4 Å². The first-order valence-corrected chi connectivity index (χ1v) is 30.3. The molecule has 0 spiro atoms. The molecular weight excluding hydrogens is 1210 g/mol. The van der Waals surface area contributed by atoms with Gasteiger partial charge in [0.05, 0.1) is 12.6 Å². The molecule has 10 atom stereocenters. The number of hydrogen-bond donors (Lipinski definition) is 18. The van der Waals surface area contributed by atoms with Crippen molar-refractivity contribution in [3.8, 4) is 0 Å². The molecule has 11 amide bonds. The minimum Gasteiger partial charge on any atom is -0.481 e. The third-order valence-corrected chi connectivity index (χ3v) is 15.1. The molecular formula is C61H81N15O15S. The molecule has 0 saturated heterocycles. The number of nitrogens with one attached hydrogen (secondary N) is 12. The predicted octanol–water partition coefficient (Wildman–Crippen LogP) is -2.18. The summed E-state index contributed by atoms with van der Waals surface area (Å²) in [5, 5.41) is 45.8. The molecule has 31 heteroatoms. The average Bonchev–Trinajstić information content (AvgIpc) is 1.76. The Balaban J connectivity index is 1.25. The first-order chi connectivity index (χ1) is 43.8. The van der Waals surface area contributed by atoms with Crippen molar-refractivity contribution < 1.29 is 72.5 Å². The van der Waals surface area contributed by atoms with E-state index in [0.717, 1.165) is 21.8 Å². The van der Waals surface area contributed by atoms with Crippen molar-refractivity contribution >= 4 is 111 Å². The molecule has 5 aromatic rings. The number of nitrogens with two attached hydrogens (primary N) is 3. The third-order valence-electron chi connectivity index (χ3n) is 14.7. The Bertz CT molecular complexity index is 3430. The van der Waals surface area contributed by atoms with Crippen LogP contribution in [0.5, 0.6) is 0 Å². The maximum absolute atomic E-state index is 14.6. The first kappa shape index (κ1) is 72.9. The molecule has 496 valence electrons. The molecule has 30 nitrogen and oxygen atoms in total. The Morgan fingerprint density at radius 1 is 0.478 bits per heavy atom. The molecule has 0 aliphatic carbocycles. The highest BCUT2D eigenvalue weighted by molar-refractivity contribution is 7.80. The smallest absolute Gasteiger partial charge is 0.326 e. The number of aromatic nitrogens is 2. The number of carboxylic acid groups (broad SMARTS) is 2. The number of rotatable bonds is 38. The van der Waals surface area contributed by atoms with Crippen LogP contribution in [-0.4, -0.2) is 176 Å². The number of hydrogen-bond acceptors (Lipinski definition) is 16. The highest BCUT2D eigenvalue weighted by atomic mass is 32.1. The second kappa shape index (κ2) is 36.1. The average molecular weight is 1300 g/mol. The second-order valence-electron chi connectivity index (χ2n) is 22.0. The number of carbonyl (C=O) groups is 13. The summed E-state index contributed by atoms with van der Waals surface area (Å²) in [6.45, 7) is 3.47. The summed E-state index contributed by atoms with van der Waals surface area (Å²) in [6.07, 6.45) is 1.43. The number of carbonyl (C=O) groups excluding carboxylic acids is 11. The molecule has 92 heavy (non-hydrogen) atoms. The maximum Gasteiger partial charge on any atom is 0.326 e. The molecule has 0 unspecified atom stereocenters. The number of primary amides is 1. The lowest BCUT2D eigenvalue weighted by molar-refractivity contribution is -0.143. The third kappa shape index (κ3) is 22.9. The van der Waals surface area contributed by atoms with Gasteiger partial charge in [0.15, 0.2) is 0 Å². The Hall–Kier alpha value is -9.88. The van der Waals surface area contributed by atoms with E-state index < -0.39 is 170 Å². The number of aromatic amines is 2. The summed E-state index contributed by atoms with van der Waals surface area (Å²) in [5.74, 6) is -12.7. The number of H-pyrrole nitrogens is 2. The number of carboxylic acids is 2. The molecule has 0 saturated carbocycles. The van der Waals surface area contributed by atoms with Crippen LogP contribution < -0.4 is 70.4 Å². The van der Waals surface area contributed by atoms with Crippen LogP contribution in [0.3, 0.4) is 0 Å². The fraction of sp³-hybridized carbons (Fsp3) is 0.426. The van der Waals surface area contributed by atoms with Gasteiger partial charge in [-0.2, -0.15) is 12.6 Å². The summed E-state index contributed by atoms with van der Waals surface area (Å²) < 4.78 is 0. The molecule has 0 fully saturated rings. The van der Waals surface area contributed by atoms with Crippen LogP contribution in [0, 0.1) is 0 Å². The van der Waals surface area contributed by atoms with Crippen LogP contribution in [0.15, 0.2) is 91.3 Å². The summed E-state index contributed by atoms with van der Waals surface area (Å²) in [4.78, 5) is 179. The summed E-state index contributed by atoms with van der Waals surface area (Å²) >= 11 is 4.24. The van der Waals surface area contributed by atoms with Crippen molar-refractivity contribution in [3.63, 3.8) is 0 Å². The van der Waals surface area contributed by atoms with E-state index in [1.807, 2.05) is 24.3 Å². The topological polar surface area (TPSA) is 492 Å². The summed E-state index contributed by atoms with van der Waals surface area (Å²) in [5.41, 5.74) is 20.1. The number of fused-ring (bicyclic) bond motifs is 2. The zero-order valence-electron chi connectivity index (χ0n) is 51.0. The minimum atomic E-state index is -1.65. The number of benzene rings is 3. The van der Waals surface area contributed by atoms with Gasteiger partial charge in [-0.15, -0.1) is 0 Å². The molecule has 2 heterocycles. The molecule has 20 N–H and O–H groups in total. The van der Waals surface area contributed by atoms with Crippen LogP contribution >= 0.6 is 12.6 Å². The molecule has 0 aliphatic rings. The van der Waals surface area contributed by atoms with Gasteiger partial charge >= 0.3 is 11.9 Å². The lowest BCUT2D eigenvalue weighted by atomic mass is 10.0. The van der Waals surface area contributed by atoms with Crippen molar-refractivity contribution in [2.24, 2.45) is 17.2 Å². The van der Waals surface area contributed by atoms with Crippen molar-refractivity contribution in [3.05, 3.63) is 108 Å². The lowest BCUT2D eigenvalue weighted by Gasteiger charge is -2.26. The van der Waals surface area contributed by atoms with Crippen molar-refractivity contribution in [1.29, 1.82) is 0 Å². The zero-order valence-corrected chi connectivity index (χ0v) is 51.9. The Morgan fingerprint density at radius 3 is 1.41 bits per heavy atom. The molecule has 0 aliphatic heterocycles. The van der Waals surface area contributed by atoms with Crippen LogP contribution in [0.4, 0.5) is 0 Å². The van der Waals surface area contributed by atoms with Gasteiger partial charge in [0.2, 0.25) is 65.0 Å². The Labute approximate surface area is 534 Å². The van der Waals surface area contributed by atoms with Crippen LogP contribution in [-0.2, 0) is 81.6 Å². The molecule has 3 aromatic carbocycles. The van der Waals surface area contributed by atoms with E-state index in [2.05, 4.69) is 75.8 Å². The summed E-state index contributed by atoms with van der Waals surface area (Å²) in [6, 6.07) is 8.86. The Morgan fingerprint density at radius 2 is 0.913 bits per heavy atom. The van der Waals surface area contributed by atoms with Crippen LogP contribution in [0.1, 0.15) is 82.4 Å². The number of thiol groups is 1. The zero-order chi connectivity index (χ0) is 67.6. The molecule has 0 bridgehead atoms. The summed E-state index contributed by atoms with van der Waals surface area (Å²) in [7, 11) is 0. The normalized spacial score (nSPS) is 14.4. The largest absolute Gasteiger partial charge is 0.481 e. The predicted molar refractivity (Wildman–Crippen MR) is 339 cm³/mol. The highest BCUT2D eigenvalue weighted by Gasteiger charge is 2.35. The highest BCUT2D eigenvalue weighted by Crippen LogP contribution is 2.22. The number of aliphatic carboxylic acids is 2. The molecule has 0 radical (unpaired) electrons. The second-order valence-corrected chi connectivity index (χ2v) is 22.4. The SMILES string of the molecule is C[C@H](N)C(=O)N[C@@H](CS)C(=O)N[C@@H](Cc1c[nH]c2ccccc12)C(=O)N[C@@H](Cc1c[nH]c2ccccc12)C(=O)N[C@@H](C)C(=O)NCC(=O)N[C@@H](C)C(=O)N[C@@H](CCCCN)C(=O)N[C@@H](CCC(N)=O)C(=O)N[C@@H](CCC(=O)O)C(=O)N[C@@H](Cc1ccccc1)C(=O)O. The van der Waals surface area contributed by atoms with Crippen molar-refractivity contribution in [1.82, 2.24) is 63.1 Å². The maximum atomic E-state index is 14.6. The monoisotopic (exact) mass is 1300 g/mol.